The van der Waals surface area contributed by atoms with Gasteiger partial charge >= 0.3 is 0 Å². The number of aryl methyl sites for hydroxylation is 1. The molecule has 8 nitrogen and oxygen atoms in total. The molecule has 1 unspecified atom stereocenters. The number of aromatic amines is 1. The second-order valence-corrected chi connectivity index (χ2v) is 6.62. The van der Waals surface area contributed by atoms with Crippen molar-refractivity contribution in [3.05, 3.63) is 56.5 Å². The molecule has 0 fully saturated rings. The number of rotatable bonds is 5. The van der Waals surface area contributed by atoms with E-state index in [9.17, 15) is 18.4 Å². The lowest BCUT2D eigenvalue weighted by atomic mass is 9.90. The molecule has 1 aliphatic heterocycles. The molecule has 0 aliphatic carbocycles. The van der Waals surface area contributed by atoms with Crippen molar-refractivity contribution in [2.45, 2.75) is 19.1 Å². The van der Waals surface area contributed by atoms with E-state index in [1.165, 1.54) is 17.9 Å². The van der Waals surface area contributed by atoms with E-state index in [1.807, 2.05) is 0 Å². The number of benzene rings is 1. The highest BCUT2D eigenvalue weighted by molar-refractivity contribution is 7.78. The van der Waals surface area contributed by atoms with Crippen molar-refractivity contribution in [1.82, 2.24) is 9.78 Å². The van der Waals surface area contributed by atoms with Crippen LogP contribution in [0.4, 0.5) is 0 Å². The third-order valence-corrected chi connectivity index (χ3v) is 4.69. The van der Waals surface area contributed by atoms with Crippen LogP contribution in [0.15, 0.2) is 28.3 Å². The topological polar surface area (TPSA) is 117 Å². The molecule has 2 heterocycles. The third kappa shape index (κ3) is 3.20. The first-order chi connectivity index (χ1) is 11.9. The number of ketones is 1. The van der Waals surface area contributed by atoms with Crippen LogP contribution in [0, 0.1) is 6.92 Å². The van der Waals surface area contributed by atoms with Gasteiger partial charge in [-0.25, -0.2) is 0 Å². The average Bonchev–Trinajstić information content (AvgIpc) is 3.18. The summed E-state index contributed by atoms with van der Waals surface area (Å²) in [6.45, 7) is 2.13. The zero-order valence-corrected chi connectivity index (χ0v) is 14.5. The normalized spacial score (nSPS) is 14.9. The zero-order chi connectivity index (χ0) is 18.1. The van der Waals surface area contributed by atoms with Gasteiger partial charge in [-0.3, -0.25) is 18.5 Å². The fraction of sp³-hybridized carbons (Fsp3) is 0.312. The molecule has 132 valence electrons. The summed E-state index contributed by atoms with van der Waals surface area (Å²) in [6, 6.07) is 3.13. The van der Waals surface area contributed by atoms with Gasteiger partial charge in [-0.15, -0.1) is 0 Å². The van der Waals surface area contributed by atoms with Crippen molar-refractivity contribution in [3.63, 3.8) is 0 Å². The van der Waals surface area contributed by atoms with Gasteiger partial charge in [0.25, 0.3) is 5.56 Å². The van der Waals surface area contributed by atoms with Crippen LogP contribution >= 0.6 is 0 Å². The van der Waals surface area contributed by atoms with E-state index < -0.39 is 22.4 Å². The van der Waals surface area contributed by atoms with Crippen molar-refractivity contribution in [1.29, 1.82) is 0 Å². The fourth-order valence-corrected chi connectivity index (χ4v) is 3.41. The van der Waals surface area contributed by atoms with Crippen molar-refractivity contribution in [3.8, 4) is 0 Å². The van der Waals surface area contributed by atoms with Gasteiger partial charge in [0, 0.05) is 36.5 Å². The lowest BCUT2D eigenvalue weighted by Gasteiger charge is -2.16. The summed E-state index contributed by atoms with van der Waals surface area (Å²) in [5.74, 6) is -0.606. The number of carbonyl (C=O) groups is 1. The first kappa shape index (κ1) is 17.3. The summed E-state index contributed by atoms with van der Waals surface area (Å²) in [5, 5.41) is 6.63. The molecular formula is C16H16N3O5S-. The lowest BCUT2D eigenvalue weighted by Crippen LogP contribution is -2.20. The van der Waals surface area contributed by atoms with E-state index in [0.717, 1.165) is 0 Å². The summed E-state index contributed by atoms with van der Waals surface area (Å²) in [7, 11) is 1.52. The highest BCUT2D eigenvalue weighted by Gasteiger charge is 2.24. The molecule has 0 amide bonds. The number of hydrogen-bond acceptors (Lipinski definition) is 6. The summed E-state index contributed by atoms with van der Waals surface area (Å²) < 4.78 is 23.5. The Hall–Kier alpha value is -2.52. The Morgan fingerprint density at radius 1 is 1.44 bits per heavy atom. The molecule has 2 aromatic rings. The number of oxime groups is 1. The Morgan fingerprint density at radius 2 is 2.20 bits per heavy atom. The minimum absolute atomic E-state index is 0.0290. The Labute approximate surface area is 145 Å². The second-order valence-electron chi connectivity index (χ2n) is 5.72. The van der Waals surface area contributed by atoms with Crippen LogP contribution in [-0.4, -0.2) is 36.6 Å². The zero-order valence-electron chi connectivity index (χ0n) is 13.7. The van der Waals surface area contributed by atoms with E-state index in [2.05, 4.69) is 10.3 Å². The molecule has 1 N–H and O–H groups in total. The molecule has 3 rings (SSSR count). The van der Waals surface area contributed by atoms with Gasteiger partial charge in [0.2, 0.25) is 0 Å². The van der Waals surface area contributed by atoms with Gasteiger partial charge in [-0.1, -0.05) is 28.4 Å². The number of nitrogens with zero attached hydrogens (tertiary/aromatic N) is 2. The number of H-pyrrole nitrogens is 1. The SMILES string of the molecule is Cc1c(C(=O)c2c[nH]n(C)c2=O)ccc(CS(=O)[O-])c1C1=NOCC1. The van der Waals surface area contributed by atoms with Gasteiger partial charge in [0.1, 0.15) is 12.2 Å². The van der Waals surface area contributed by atoms with Gasteiger partial charge in [-0.05, 0) is 18.1 Å². The van der Waals surface area contributed by atoms with Crippen LogP contribution in [0.2, 0.25) is 0 Å². The van der Waals surface area contributed by atoms with Crippen LogP contribution in [-0.2, 0) is 28.7 Å². The molecule has 0 saturated carbocycles. The Kier molecular flexibility index (Phi) is 4.69. The summed E-state index contributed by atoms with van der Waals surface area (Å²) in [5.41, 5.74) is 2.28. The molecule has 25 heavy (non-hydrogen) atoms. The fourth-order valence-electron chi connectivity index (χ4n) is 2.92. The standard InChI is InChI=1S/C16H17N3O5S/c1-9-11(15(20)12-7-17-19(2)16(12)21)4-3-10(8-25(22)23)14(9)13-5-6-24-18-13/h3-4,7,17H,5-6,8H2,1-2H3,(H,22,23)/p-1. The minimum atomic E-state index is -2.28. The van der Waals surface area contributed by atoms with Gasteiger partial charge in [0.05, 0.1) is 5.71 Å². The molecule has 9 heteroatoms. The summed E-state index contributed by atoms with van der Waals surface area (Å²) >= 11 is -2.28. The molecule has 1 aromatic heterocycles. The molecular weight excluding hydrogens is 346 g/mol. The maximum atomic E-state index is 12.8. The highest BCUT2D eigenvalue weighted by atomic mass is 32.2. The molecule has 1 aliphatic rings. The number of hydrogen-bond donors (Lipinski definition) is 1. The quantitative estimate of drug-likeness (QED) is 0.622. The molecule has 1 atom stereocenters. The molecule has 0 saturated heterocycles. The highest BCUT2D eigenvalue weighted by Crippen LogP contribution is 2.25. The Morgan fingerprint density at radius 3 is 2.76 bits per heavy atom. The van der Waals surface area contributed by atoms with Crippen LogP contribution < -0.4 is 5.56 Å². The molecule has 0 radical (unpaired) electrons. The number of nitrogens with one attached hydrogen (secondary N) is 1. The monoisotopic (exact) mass is 362 g/mol. The Balaban J connectivity index is 2.14. The predicted molar refractivity (Wildman–Crippen MR) is 90.4 cm³/mol. The predicted octanol–water partition coefficient (Wildman–Crippen LogP) is 0.756. The van der Waals surface area contributed by atoms with Crippen molar-refractivity contribution < 1.29 is 18.4 Å². The van der Waals surface area contributed by atoms with Crippen LogP contribution in [0.5, 0.6) is 0 Å². The van der Waals surface area contributed by atoms with E-state index in [-0.39, 0.29) is 11.3 Å². The van der Waals surface area contributed by atoms with Crippen LogP contribution in [0.3, 0.4) is 0 Å². The summed E-state index contributed by atoms with van der Waals surface area (Å²) in [4.78, 5) is 29.8. The van der Waals surface area contributed by atoms with E-state index in [1.54, 1.807) is 19.1 Å². The number of aromatic nitrogens is 2. The smallest absolute Gasteiger partial charge is 0.277 e. The van der Waals surface area contributed by atoms with Crippen LogP contribution in [0.1, 0.15) is 39.0 Å². The van der Waals surface area contributed by atoms with Gasteiger partial charge < -0.3 is 14.5 Å². The van der Waals surface area contributed by atoms with Crippen molar-refractivity contribution in [2.75, 3.05) is 6.61 Å². The maximum Gasteiger partial charge on any atom is 0.277 e. The van der Waals surface area contributed by atoms with Crippen molar-refractivity contribution >= 4 is 22.6 Å². The maximum absolute atomic E-state index is 12.8. The first-order valence-electron chi connectivity index (χ1n) is 7.56. The summed E-state index contributed by atoms with van der Waals surface area (Å²) in [6.07, 6.45) is 1.89. The van der Waals surface area contributed by atoms with Crippen molar-refractivity contribution in [2.24, 2.45) is 12.2 Å². The second kappa shape index (κ2) is 6.77. The van der Waals surface area contributed by atoms with Gasteiger partial charge in [0.15, 0.2) is 5.78 Å². The van der Waals surface area contributed by atoms with Crippen LogP contribution in [0.25, 0.3) is 0 Å². The molecule has 1 aromatic carbocycles. The van der Waals surface area contributed by atoms with E-state index in [4.69, 9.17) is 4.84 Å². The minimum Gasteiger partial charge on any atom is -0.772 e. The van der Waals surface area contributed by atoms with E-state index >= 15 is 0 Å². The average molecular weight is 362 g/mol. The molecule has 0 bridgehead atoms. The Bertz CT molecular complexity index is 957. The number of carbonyl (C=O) groups excluding carboxylic acids is 1. The first-order valence-corrected chi connectivity index (χ1v) is 8.81. The third-order valence-electron chi connectivity index (χ3n) is 4.14. The molecule has 0 spiro atoms. The van der Waals surface area contributed by atoms with E-state index in [0.29, 0.717) is 41.0 Å². The van der Waals surface area contributed by atoms with Gasteiger partial charge in [-0.2, -0.15) is 0 Å². The lowest BCUT2D eigenvalue weighted by molar-refractivity contribution is 0.103. The largest absolute Gasteiger partial charge is 0.772 e.